The molecule has 18 nitrogen and oxygen atoms in total. The molecule has 3 rings (SSSR count). The monoisotopic (exact) mass is 586 g/mol. The molecule has 2 amide bonds. The molecule has 40 heavy (non-hydrogen) atoms. The molecule has 232 valence electrons. The van der Waals surface area contributed by atoms with E-state index in [1.165, 1.54) is 0 Å². The Bertz CT molecular complexity index is 852. The van der Waals surface area contributed by atoms with Crippen molar-refractivity contribution in [1.29, 1.82) is 0 Å². The minimum atomic E-state index is -1.87. The number of nitrogens with one attached hydrogen (secondary N) is 2. The van der Waals surface area contributed by atoms with E-state index in [1.54, 1.807) is 0 Å². The standard InChI is InChI=1S/C22H38N2O16/c1-6(27)23-11-16(32)13(29)8(3-25)38-21(11)36-5-10-15(31)19(12(20(35)37-10)24-7(2)28)40-22-18(34)17(33)14(30)9(4-26)39-22/h8-22,25-26,29-35H,3-5H2,1-2H3,(H,23,27)(H,24,28)/t8-,9-,10-,11-,12-,13-,14+,15+,16-,17+,18-,19-,20-,21-,22+/m1/s1. The minimum Gasteiger partial charge on any atom is -0.394 e. The summed E-state index contributed by atoms with van der Waals surface area (Å²) < 4.78 is 27.4. The van der Waals surface area contributed by atoms with Crippen LogP contribution in [0.25, 0.3) is 0 Å². The van der Waals surface area contributed by atoms with Crippen molar-refractivity contribution in [3.05, 3.63) is 0 Å². The second-order valence-electron chi connectivity index (χ2n) is 9.85. The Morgan fingerprint density at radius 1 is 0.650 bits per heavy atom. The number of hydrogen-bond donors (Lipinski definition) is 11. The SMILES string of the molecule is CC(=O)N[C@@H]1[C@@H](O[C@@H]2O[C@H](CO)[C@H](O)[C@H](O)[C@H]2O)[C@@H](O)[C@@H](CO[C@@H]2O[C@H](CO)[C@@H](O)[C@H](O)[C@H]2NC(C)=O)O[C@H]1O. The number of amides is 2. The molecule has 0 aromatic rings. The molecule has 0 aliphatic carbocycles. The Hall–Kier alpha value is -1.62. The first-order valence-electron chi connectivity index (χ1n) is 12.6. The first kappa shape index (κ1) is 32.9. The Morgan fingerprint density at radius 2 is 1.18 bits per heavy atom. The molecule has 0 aromatic heterocycles. The van der Waals surface area contributed by atoms with Gasteiger partial charge in [0.25, 0.3) is 0 Å². The Kier molecular flexibility index (Phi) is 11.5. The van der Waals surface area contributed by atoms with E-state index in [9.17, 15) is 55.5 Å². The predicted molar refractivity (Wildman–Crippen MR) is 124 cm³/mol. The summed E-state index contributed by atoms with van der Waals surface area (Å²) in [5.41, 5.74) is 0. The fourth-order valence-corrected chi connectivity index (χ4v) is 4.76. The fourth-order valence-electron chi connectivity index (χ4n) is 4.76. The molecule has 3 saturated heterocycles. The van der Waals surface area contributed by atoms with Gasteiger partial charge in [-0.25, -0.2) is 0 Å². The van der Waals surface area contributed by atoms with Crippen LogP contribution in [0.1, 0.15) is 13.8 Å². The average Bonchev–Trinajstić information content (AvgIpc) is 2.90. The number of rotatable bonds is 9. The van der Waals surface area contributed by atoms with E-state index in [0.29, 0.717) is 0 Å². The van der Waals surface area contributed by atoms with Crippen LogP contribution >= 0.6 is 0 Å². The number of ether oxygens (including phenoxy) is 5. The molecule has 3 heterocycles. The van der Waals surface area contributed by atoms with Gasteiger partial charge in [-0.2, -0.15) is 0 Å². The summed E-state index contributed by atoms with van der Waals surface area (Å²) >= 11 is 0. The summed E-state index contributed by atoms with van der Waals surface area (Å²) in [4.78, 5) is 23.4. The van der Waals surface area contributed by atoms with Gasteiger partial charge < -0.3 is 80.3 Å². The lowest BCUT2D eigenvalue weighted by Crippen LogP contribution is -2.68. The highest BCUT2D eigenvalue weighted by Crippen LogP contribution is 2.30. The zero-order valence-electron chi connectivity index (χ0n) is 21.7. The summed E-state index contributed by atoms with van der Waals surface area (Å²) in [5.74, 6) is -1.26. The highest BCUT2D eigenvalue weighted by molar-refractivity contribution is 5.73. The Labute approximate surface area is 228 Å². The lowest BCUT2D eigenvalue weighted by molar-refractivity contribution is -0.345. The van der Waals surface area contributed by atoms with Gasteiger partial charge in [0.1, 0.15) is 73.1 Å². The van der Waals surface area contributed by atoms with Crippen LogP contribution in [0.15, 0.2) is 0 Å². The van der Waals surface area contributed by atoms with Crippen LogP contribution in [-0.4, -0.2) is 170 Å². The van der Waals surface area contributed by atoms with Gasteiger partial charge in [-0.1, -0.05) is 0 Å². The lowest BCUT2D eigenvalue weighted by Gasteiger charge is -2.47. The predicted octanol–water partition coefficient (Wildman–Crippen LogP) is -7.29. The van der Waals surface area contributed by atoms with Crippen molar-refractivity contribution in [2.75, 3.05) is 19.8 Å². The number of carbonyl (C=O) groups excluding carboxylic acids is 2. The quantitative estimate of drug-likeness (QED) is 0.120. The first-order valence-corrected chi connectivity index (χ1v) is 12.6. The van der Waals surface area contributed by atoms with Crippen LogP contribution in [0.2, 0.25) is 0 Å². The van der Waals surface area contributed by atoms with Crippen LogP contribution in [0.3, 0.4) is 0 Å². The Balaban J connectivity index is 1.78. The van der Waals surface area contributed by atoms with E-state index in [2.05, 4.69) is 10.6 Å². The molecule has 0 unspecified atom stereocenters. The first-order chi connectivity index (χ1) is 18.8. The van der Waals surface area contributed by atoms with Crippen molar-refractivity contribution in [1.82, 2.24) is 10.6 Å². The maximum Gasteiger partial charge on any atom is 0.217 e. The zero-order chi connectivity index (χ0) is 29.9. The van der Waals surface area contributed by atoms with Crippen molar-refractivity contribution >= 4 is 11.8 Å². The van der Waals surface area contributed by atoms with E-state index in [1.807, 2.05) is 0 Å². The highest BCUT2D eigenvalue weighted by Gasteiger charge is 2.52. The molecule has 0 saturated carbocycles. The number of hydrogen-bond acceptors (Lipinski definition) is 16. The maximum absolute atomic E-state index is 11.8. The molecule has 0 radical (unpaired) electrons. The fraction of sp³-hybridized carbons (Fsp3) is 0.909. The summed E-state index contributed by atoms with van der Waals surface area (Å²) in [7, 11) is 0. The van der Waals surface area contributed by atoms with E-state index >= 15 is 0 Å². The third-order valence-corrected chi connectivity index (χ3v) is 6.88. The number of aliphatic hydroxyl groups excluding tert-OH is 9. The summed E-state index contributed by atoms with van der Waals surface area (Å²) in [5, 5.41) is 96.3. The summed E-state index contributed by atoms with van der Waals surface area (Å²) in [6.07, 6.45) is -21.0. The molecular weight excluding hydrogens is 548 g/mol. The van der Waals surface area contributed by atoms with Crippen LogP contribution in [0, 0.1) is 0 Å². The highest BCUT2D eigenvalue weighted by atomic mass is 16.7. The van der Waals surface area contributed by atoms with Crippen LogP contribution in [0.4, 0.5) is 0 Å². The van der Waals surface area contributed by atoms with Crippen molar-refractivity contribution < 1.29 is 79.2 Å². The number of carbonyl (C=O) groups is 2. The second kappa shape index (κ2) is 14.0. The van der Waals surface area contributed by atoms with Gasteiger partial charge >= 0.3 is 0 Å². The van der Waals surface area contributed by atoms with Crippen LogP contribution < -0.4 is 10.6 Å². The average molecular weight is 587 g/mol. The maximum atomic E-state index is 11.8. The van der Waals surface area contributed by atoms with Gasteiger partial charge in [0.15, 0.2) is 18.9 Å². The van der Waals surface area contributed by atoms with Crippen molar-refractivity contribution in [2.45, 2.75) is 106 Å². The summed E-state index contributed by atoms with van der Waals surface area (Å²) in [6.45, 7) is 0.184. The van der Waals surface area contributed by atoms with Crippen molar-refractivity contribution in [3.8, 4) is 0 Å². The van der Waals surface area contributed by atoms with E-state index in [-0.39, 0.29) is 0 Å². The van der Waals surface area contributed by atoms with E-state index < -0.39 is 124 Å². The van der Waals surface area contributed by atoms with Gasteiger partial charge in [0.2, 0.25) is 11.8 Å². The largest absolute Gasteiger partial charge is 0.394 e. The molecular formula is C22H38N2O16. The second-order valence-corrected chi connectivity index (χ2v) is 9.85. The molecule has 0 bridgehead atoms. The van der Waals surface area contributed by atoms with Gasteiger partial charge in [0, 0.05) is 13.8 Å². The number of aliphatic hydroxyl groups is 9. The smallest absolute Gasteiger partial charge is 0.217 e. The van der Waals surface area contributed by atoms with Gasteiger partial charge in [-0.15, -0.1) is 0 Å². The van der Waals surface area contributed by atoms with Crippen molar-refractivity contribution in [3.63, 3.8) is 0 Å². The molecule has 11 N–H and O–H groups in total. The molecule has 3 fully saturated rings. The van der Waals surface area contributed by atoms with Crippen molar-refractivity contribution in [2.24, 2.45) is 0 Å². The normalized spacial score (nSPS) is 46.0. The topological polar surface area (TPSA) is 286 Å². The molecule has 0 spiro atoms. The molecule has 3 aliphatic heterocycles. The van der Waals surface area contributed by atoms with Crippen LogP contribution in [-0.2, 0) is 33.3 Å². The van der Waals surface area contributed by atoms with Gasteiger partial charge in [-0.05, 0) is 0 Å². The molecule has 3 aliphatic rings. The van der Waals surface area contributed by atoms with Crippen LogP contribution in [0.5, 0.6) is 0 Å². The molecule has 0 aromatic carbocycles. The van der Waals surface area contributed by atoms with Gasteiger partial charge in [-0.3, -0.25) is 9.59 Å². The summed E-state index contributed by atoms with van der Waals surface area (Å²) in [6, 6.07) is -2.75. The molecule has 18 heteroatoms. The third-order valence-electron chi connectivity index (χ3n) is 6.88. The van der Waals surface area contributed by atoms with Gasteiger partial charge in [0.05, 0.1) is 19.8 Å². The van der Waals surface area contributed by atoms with E-state index in [4.69, 9.17) is 23.7 Å². The third kappa shape index (κ3) is 7.23. The van der Waals surface area contributed by atoms with E-state index in [0.717, 1.165) is 13.8 Å². The molecule has 15 atom stereocenters. The zero-order valence-corrected chi connectivity index (χ0v) is 21.7. The minimum absolute atomic E-state index is 0.596. The lowest BCUT2D eigenvalue weighted by atomic mass is 9.95. The Morgan fingerprint density at radius 3 is 1.73 bits per heavy atom.